The second-order valence-electron chi connectivity index (χ2n) is 5.34. The van der Waals surface area contributed by atoms with E-state index in [0.717, 1.165) is 0 Å². The molecule has 0 bridgehead atoms. The summed E-state index contributed by atoms with van der Waals surface area (Å²) in [5, 5.41) is 0. The van der Waals surface area contributed by atoms with Crippen LogP contribution in [0.1, 0.15) is 84.0 Å². The van der Waals surface area contributed by atoms with E-state index < -0.39 is 13.6 Å². The molecular formula is C14H34CrO4Si. The summed E-state index contributed by atoms with van der Waals surface area (Å²) in [5.41, 5.74) is 0. The summed E-state index contributed by atoms with van der Waals surface area (Å²) in [5.74, 6) is 0. The van der Waals surface area contributed by atoms with Crippen LogP contribution in [0.25, 0.3) is 0 Å². The maximum atomic E-state index is 8.82. The van der Waals surface area contributed by atoms with E-state index in [2.05, 4.69) is 6.92 Å². The van der Waals surface area contributed by atoms with Gasteiger partial charge in [0.25, 0.3) is 0 Å². The van der Waals surface area contributed by atoms with Crippen LogP contribution in [0.2, 0.25) is 6.04 Å². The van der Waals surface area contributed by atoms with Crippen molar-refractivity contribution in [3.8, 4) is 0 Å². The molecule has 0 spiro atoms. The Bertz CT molecular complexity index is 248. The maximum absolute atomic E-state index is 8.82. The van der Waals surface area contributed by atoms with Crippen LogP contribution in [0.5, 0.6) is 0 Å². The van der Waals surface area contributed by atoms with Crippen molar-refractivity contribution in [2.45, 2.75) is 90.0 Å². The number of rotatable bonds is 12. The average Bonchev–Trinajstić information content (AvgIpc) is 2.34. The zero-order valence-corrected chi connectivity index (χ0v) is 16.6. The molecule has 0 saturated heterocycles. The Morgan fingerprint density at radius 3 is 1.20 bits per heavy atom. The van der Waals surface area contributed by atoms with Gasteiger partial charge in [0.2, 0.25) is 0 Å². The second-order valence-corrected chi connectivity index (χ2v) is 7.74. The fraction of sp³-hybridized carbons (Fsp3) is 1.00. The van der Waals surface area contributed by atoms with Gasteiger partial charge in [0.05, 0.1) is 0 Å². The summed E-state index contributed by atoms with van der Waals surface area (Å²) in [6.45, 7) is 2.29. The van der Waals surface area contributed by atoms with Gasteiger partial charge in [-0.05, 0) is 0 Å². The first-order valence-corrected chi connectivity index (χ1v) is 11.7. The van der Waals surface area contributed by atoms with Crippen molar-refractivity contribution in [2.24, 2.45) is 0 Å². The van der Waals surface area contributed by atoms with E-state index in [-0.39, 0.29) is 0 Å². The molecule has 0 aromatic rings. The van der Waals surface area contributed by atoms with Crippen molar-refractivity contribution in [3.05, 3.63) is 0 Å². The Morgan fingerprint density at radius 1 is 0.700 bits per heavy atom. The number of hydrogen-bond acceptors (Lipinski definition) is 2. The molecule has 0 atom stereocenters. The van der Waals surface area contributed by atoms with Crippen LogP contribution in [0.3, 0.4) is 0 Å². The zero-order valence-electron chi connectivity index (χ0n) is 13.3. The molecule has 0 aliphatic rings. The molecule has 0 amide bonds. The SMILES string of the molecule is CCCCCCCCCCCCCC[SiH3].[O]=[Cr](=[O])([OH])[OH]. The summed E-state index contributed by atoms with van der Waals surface area (Å²) in [4.78, 5) is 0. The fourth-order valence-electron chi connectivity index (χ4n) is 2.09. The van der Waals surface area contributed by atoms with E-state index in [1.54, 1.807) is 0 Å². The van der Waals surface area contributed by atoms with Crippen LogP contribution in [-0.4, -0.2) is 18.6 Å². The van der Waals surface area contributed by atoms with E-state index in [4.69, 9.17) is 15.9 Å². The zero-order chi connectivity index (χ0) is 15.7. The number of unbranched alkanes of at least 4 members (excludes halogenated alkanes) is 11. The summed E-state index contributed by atoms with van der Waals surface area (Å²) in [6, 6.07) is 1.51. The van der Waals surface area contributed by atoms with Crippen molar-refractivity contribution in [2.75, 3.05) is 0 Å². The summed E-state index contributed by atoms with van der Waals surface area (Å²) in [7, 11) is 1.41. The molecule has 0 aliphatic heterocycles. The first kappa shape index (κ1) is 22.5. The topological polar surface area (TPSA) is 74.6 Å². The minimum absolute atomic E-state index is 1.38. The molecule has 0 heterocycles. The molecule has 0 fully saturated rings. The molecule has 0 aromatic heterocycles. The van der Waals surface area contributed by atoms with Crippen LogP contribution >= 0.6 is 0 Å². The van der Waals surface area contributed by atoms with E-state index in [1.165, 1.54) is 93.3 Å². The first-order chi connectivity index (χ1) is 9.41. The van der Waals surface area contributed by atoms with Crippen LogP contribution in [0, 0.1) is 0 Å². The predicted molar refractivity (Wildman–Crippen MR) is 81.6 cm³/mol. The Balaban J connectivity index is 0. The fourth-order valence-corrected chi connectivity index (χ4v) is 2.59. The van der Waals surface area contributed by atoms with Gasteiger partial charge in [-0.3, -0.25) is 0 Å². The Labute approximate surface area is 130 Å². The van der Waals surface area contributed by atoms with Gasteiger partial charge in [-0.2, -0.15) is 0 Å². The van der Waals surface area contributed by atoms with Crippen LogP contribution in [0.15, 0.2) is 0 Å². The molecule has 20 heavy (non-hydrogen) atoms. The van der Waals surface area contributed by atoms with Crippen LogP contribution in [-0.2, 0) is 21.2 Å². The molecule has 0 saturated carbocycles. The van der Waals surface area contributed by atoms with Gasteiger partial charge in [-0.25, -0.2) is 0 Å². The third-order valence-electron chi connectivity index (χ3n) is 3.21. The standard InChI is InChI=1S/C14H32Si.Cr.2H2O.2O/c1-2-3-4-5-6-7-8-9-10-11-12-13-14-15;;;;;/h2-14H2,1,15H3;;2*1H2;;/q;+2;;;;/p-2. The van der Waals surface area contributed by atoms with E-state index >= 15 is 0 Å². The second kappa shape index (κ2) is 17.3. The molecular weight excluding hydrogens is 312 g/mol. The van der Waals surface area contributed by atoms with Gasteiger partial charge in [-0.1, -0.05) is 90.0 Å². The Morgan fingerprint density at radius 2 is 0.950 bits per heavy atom. The molecule has 0 unspecified atom stereocenters. The van der Waals surface area contributed by atoms with E-state index in [1.807, 2.05) is 0 Å². The van der Waals surface area contributed by atoms with Gasteiger partial charge in [0.15, 0.2) is 0 Å². The Kier molecular flexibility index (Phi) is 19.5. The first-order valence-electron chi connectivity index (χ1n) is 8.11. The van der Waals surface area contributed by atoms with Gasteiger partial charge in [0.1, 0.15) is 0 Å². The summed E-state index contributed by atoms with van der Waals surface area (Å²) < 4.78 is 31.9. The van der Waals surface area contributed by atoms with Crippen molar-refractivity contribution in [1.82, 2.24) is 0 Å². The van der Waals surface area contributed by atoms with Gasteiger partial charge in [-0.15, -0.1) is 0 Å². The molecule has 0 aromatic carbocycles. The molecule has 0 rings (SSSR count). The third kappa shape index (κ3) is 36.2. The van der Waals surface area contributed by atoms with Crippen LogP contribution in [0.4, 0.5) is 0 Å². The van der Waals surface area contributed by atoms with Gasteiger partial charge in [0, 0.05) is 10.2 Å². The summed E-state index contributed by atoms with van der Waals surface area (Å²) >= 11 is -5.25. The van der Waals surface area contributed by atoms with Crippen molar-refractivity contribution in [1.29, 1.82) is 0 Å². The summed E-state index contributed by atoms with van der Waals surface area (Å²) in [6.07, 6.45) is 17.7. The van der Waals surface area contributed by atoms with E-state index in [0.29, 0.717) is 0 Å². The van der Waals surface area contributed by atoms with Gasteiger partial charge >= 0.3 is 29.5 Å². The molecule has 6 heteroatoms. The number of hydrogen-bond donors (Lipinski definition) is 2. The quantitative estimate of drug-likeness (QED) is 0.420. The average molecular weight is 347 g/mol. The van der Waals surface area contributed by atoms with Gasteiger partial charge < -0.3 is 0 Å². The minimum atomic E-state index is -5.25. The molecule has 4 nitrogen and oxygen atoms in total. The third-order valence-corrected chi connectivity index (χ3v) is 3.91. The predicted octanol–water partition coefficient (Wildman–Crippen LogP) is 3.12. The van der Waals surface area contributed by atoms with Crippen molar-refractivity contribution in [3.63, 3.8) is 0 Å². The van der Waals surface area contributed by atoms with Crippen LogP contribution < -0.4 is 0 Å². The Hall–Kier alpha value is 0.269. The molecule has 124 valence electrons. The molecule has 2 N–H and O–H groups in total. The molecule has 0 aliphatic carbocycles. The monoisotopic (exact) mass is 346 g/mol. The van der Waals surface area contributed by atoms with Crippen molar-refractivity contribution >= 4 is 10.2 Å². The normalized spacial score (nSPS) is 11.2. The molecule has 0 radical (unpaired) electrons. The van der Waals surface area contributed by atoms with Crippen molar-refractivity contribution < 1.29 is 29.5 Å². The van der Waals surface area contributed by atoms with E-state index in [9.17, 15) is 0 Å².